The molecule has 6 heteroatoms. The van der Waals surface area contributed by atoms with E-state index >= 15 is 0 Å². The first-order valence-electron chi connectivity index (χ1n) is 7.67. The van der Waals surface area contributed by atoms with E-state index < -0.39 is 0 Å². The molecule has 0 spiro atoms. The summed E-state index contributed by atoms with van der Waals surface area (Å²) in [6.45, 7) is 1.93. The molecule has 0 radical (unpaired) electrons. The molecule has 2 N–H and O–H groups in total. The quantitative estimate of drug-likeness (QED) is 0.755. The fourth-order valence-corrected chi connectivity index (χ4v) is 2.42. The smallest absolute Gasteiger partial charge is 0.270 e. The van der Waals surface area contributed by atoms with Crippen molar-refractivity contribution >= 4 is 5.91 Å². The second kappa shape index (κ2) is 6.95. The summed E-state index contributed by atoms with van der Waals surface area (Å²) in [5, 5.41) is 16.4. The highest BCUT2D eigenvalue weighted by Crippen LogP contribution is 2.11. The van der Waals surface area contributed by atoms with Crippen molar-refractivity contribution in [1.82, 2.24) is 20.1 Å². The van der Waals surface area contributed by atoms with Gasteiger partial charge in [-0.25, -0.2) is 9.67 Å². The van der Waals surface area contributed by atoms with Crippen LogP contribution in [0.4, 0.5) is 0 Å². The van der Waals surface area contributed by atoms with Crippen molar-refractivity contribution in [2.45, 2.75) is 19.4 Å². The normalized spacial score (nSPS) is 11.9. The van der Waals surface area contributed by atoms with Crippen molar-refractivity contribution in [3.8, 4) is 11.6 Å². The summed E-state index contributed by atoms with van der Waals surface area (Å²) in [5.74, 6) is 0.601. The van der Waals surface area contributed by atoms with Crippen molar-refractivity contribution in [3.63, 3.8) is 0 Å². The molecule has 0 bridgehead atoms. The van der Waals surface area contributed by atoms with Crippen molar-refractivity contribution in [1.29, 1.82) is 0 Å². The molecule has 0 fully saturated rings. The lowest BCUT2D eigenvalue weighted by molar-refractivity contribution is 0.0935. The summed E-state index contributed by atoms with van der Waals surface area (Å²) in [7, 11) is 0. The number of phenols is 1. The van der Waals surface area contributed by atoms with Gasteiger partial charge < -0.3 is 10.4 Å². The van der Waals surface area contributed by atoms with E-state index in [4.69, 9.17) is 0 Å². The molecule has 1 atom stereocenters. The highest BCUT2D eigenvalue weighted by molar-refractivity contribution is 5.92. The zero-order valence-electron chi connectivity index (χ0n) is 13.3. The van der Waals surface area contributed by atoms with Crippen LogP contribution in [0.15, 0.2) is 60.9 Å². The van der Waals surface area contributed by atoms with Gasteiger partial charge in [0, 0.05) is 18.4 Å². The first-order valence-corrected chi connectivity index (χ1v) is 7.67. The summed E-state index contributed by atoms with van der Waals surface area (Å²) in [6, 6.07) is 14.0. The topological polar surface area (TPSA) is 80.0 Å². The fraction of sp³-hybridized carbons (Fsp3) is 0.167. The number of hydrogen-bond acceptors (Lipinski definition) is 4. The molecule has 1 unspecified atom stereocenters. The molecule has 0 aliphatic carbocycles. The van der Waals surface area contributed by atoms with Crippen LogP contribution in [-0.4, -0.2) is 31.8 Å². The Labute approximate surface area is 139 Å². The number of aromatic nitrogens is 3. The number of rotatable bonds is 5. The third-order valence-electron chi connectivity index (χ3n) is 3.56. The maximum atomic E-state index is 12.4. The van der Waals surface area contributed by atoms with E-state index in [1.165, 1.54) is 0 Å². The molecule has 0 aliphatic rings. The van der Waals surface area contributed by atoms with Gasteiger partial charge in [0.15, 0.2) is 5.82 Å². The number of carbonyl (C=O) groups excluding carboxylic acids is 1. The highest BCUT2D eigenvalue weighted by Gasteiger charge is 2.12. The first-order chi connectivity index (χ1) is 11.6. The summed E-state index contributed by atoms with van der Waals surface area (Å²) in [6.07, 6.45) is 4.11. The molecule has 1 aromatic carbocycles. The Morgan fingerprint density at radius 3 is 2.71 bits per heavy atom. The molecule has 3 aromatic rings. The number of nitrogens with zero attached hydrogens (tertiary/aromatic N) is 3. The van der Waals surface area contributed by atoms with Gasteiger partial charge in [0.25, 0.3) is 5.91 Å². The zero-order chi connectivity index (χ0) is 16.9. The van der Waals surface area contributed by atoms with E-state index in [0.29, 0.717) is 17.9 Å². The summed E-state index contributed by atoms with van der Waals surface area (Å²) in [4.78, 5) is 16.7. The average molecular weight is 322 g/mol. The number of phenolic OH excluding ortho intramolecular Hbond substituents is 1. The molecular weight excluding hydrogens is 304 g/mol. The van der Waals surface area contributed by atoms with Gasteiger partial charge in [-0.1, -0.05) is 18.2 Å². The van der Waals surface area contributed by atoms with Gasteiger partial charge in [-0.05, 0) is 49.2 Å². The van der Waals surface area contributed by atoms with Crippen LogP contribution in [0.5, 0.6) is 5.75 Å². The zero-order valence-corrected chi connectivity index (χ0v) is 13.3. The van der Waals surface area contributed by atoms with Gasteiger partial charge in [-0.3, -0.25) is 4.79 Å². The standard InChI is InChI=1S/C18H18N4O2/c1-13(12-14-6-8-15(23)9-7-14)20-18(24)16-4-2-5-17(21-16)22-11-3-10-19-22/h2-11,13,23H,12H2,1H3,(H,20,24). The second-order valence-electron chi connectivity index (χ2n) is 5.58. The molecule has 122 valence electrons. The minimum atomic E-state index is -0.227. The van der Waals surface area contributed by atoms with Gasteiger partial charge in [0.1, 0.15) is 11.4 Å². The lowest BCUT2D eigenvalue weighted by Crippen LogP contribution is -2.34. The Kier molecular flexibility index (Phi) is 4.56. The number of nitrogens with one attached hydrogen (secondary N) is 1. The van der Waals surface area contributed by atoms with E-state index in [1.807, 2.05) is 19.1 Å². The van der Waals surface area contributed by atoms with E-state index in [9.17, 15) is 9.90 Å². The molecule has 2 aromatic heterocycles. The predicted molar refractivity (Wildman–Crippen MR) is 90.1 cm³/mol. The Balaban J connectivity index is 1.66. The molecule has 0 saturated heterocycles. The van der Waals surface area contributed by atoms with Gasteiger partial charge in [-0.2, -0.15) is 5.10 Å². The Hall–Kier alpha value is -3.15. The van der Waals surface area contributed by atoms with Crippen LogP contribution in [0.2, 0.25) is 0 Å². The third kappa shape index (κ3) is 3.78. The number of hydrogen-bond donors (Lipinski definition) is 2. The second-order valence-corrected chi connectivity index (χ2v) is 5.58. The van der Waals surface area contributed by atoms with Crippen LogP contribution in [0, 0.1) is 0 Å². The van der Waals surface area contributed by atoms with Crippen LogP contribution in [0.3, 0.4) is 0 Å². The molecule has 0 saturated carbocycles. The van der Waals surface area contributed by atoms with Gasteiger partial charge in [-0.15, -0.1) is 0 Å². The van der Waals surface area contributed by atoms with Crippen molar-refractivity contribution in [2.24, 2.45) is 0 Å². The van der Waals surface area contributed by atoms with E-state index in [0.717, 1.165) is 5.56 Å². The van der Waals surface area contributed by atoms with E-state index in [1.54, 1.807) is 53.5 Å². The van der Waals surface area contributed by atoms with Crippen molar-refractivity contribution < 1.29 is 9.90 Å². The molecule has 6 nitrogen and oxygen atoms in total. The molecule has 1 amide bonds. The third-order valence-corrected chi connectivity index (χ3v) is 3.56. The van der Waals surface area contributed by atoms with E-state index in [2.05, 4.69) is 15.4 Å². The molecule has 2 heterocycles. The Bertz CT molecular complexity index is 813. The van der Waals surface area contributed by atoms with Crippen LogP contribution in [0.1, 0.15) is 23.0 Å². The maximum absolute atomic E-state index is 12.4. The largest absolute Gasteiger partial charge is 0.508 e. The number of aromatic hydroxyl groups is 1. The molecule has 24 heavy (non-hydrogen) atoms. The fourth-order valence-electron chi connectivity index (χ4n) is 2.42. The van der Waals surface area contributed by atoms with E-state index in [-0.39, 0.29) is 17.7 Å². The maximum Gasteiger partial charge on any atom is 0.270 e. The predicted octanol–water partition coefficient (Wildman–Crippen LogP) is 2.33. The van der Waals surface area contributed by atoms with Gasteiger partial charge in [0.2, 0.25) is 0 Å². The van der Waals surface area contributed by atoms with Gasteiger partial charge in [0.05, 0.1) is 0 Å². The number of benzene rings is 1. The van der Waals surface area contributed by atoms with Crippen molar-refractivity contribution in [3.05, 3.63) is 72.2 Å². The Morgan fingerprint density at radius 1 is 1.21 bits per heavy atom. The number of pyridine rings is 1. The minimum Gasteiger partial charge on any atom is -0.508 e. The number of carbonyl (C=O) groups is 1. The summed E-state index contributed by atoms with van der Waals surface area (Å²) >= 11 is 0. The average Bonchev–Trinajstić information content (AvgIpc) is 3.11. The van der Waals surface area contributed by atoms with Crippen LogP contribution in [0.25, 0.3) is 5.82 Å². The van der Waals surface area contributed by atoms with Crippen LogP contribution in [-0.2, 0) is 6.42 Å². The summed E-state index contributed by atoms with van der Waals surface area (Å²) in [5.41, 5.74) is 1.39. The molecule has 3 rings (SSSR count). The number of amides is 1. The van der Waals surface area contributed by atoms with Crippen LogP contribution >= 0.6 is 0 Å². The lowest BCUT2D eigenvalue weighted by Gasteiger charge is -2.14. The van der Waals surface area contributed by atoms with Crippen LogP contribution < -0.4 is 5.32 Å². The highest BCUT2D eigenvalue weighted by atomic mass is 16.3. The SMILES string of the molecule is CC(Cc1ccc(O)cc1)NC(=O)c1cccc(-n2cccn2)n1. The summed E-state index contributed by atoms with van der Waals surface area (Å²) < 4.78 is 1.61. The molecular formula is C18H18N4O2. The van der Waals surface area contributed by atoms with Crippen molar-refractivity contribution in [2.75, 3.05) is 0 Å². The molecule has 0 aliphatic heterocycles. The Morgan fingerprint density at radius 2 is 2.00 bits per heavy atom. The van der Waals surface area contributed by atoms with Gasteiger partial charge >= 0.3 is 0 Å². The minimum absolute atomic E-state index is 0.0581. The first kappa shape index (κ1) is 15.7. The lowest BCUT2D eigenvalue weighted by atomic mass is 10.1. The monoisotopic (exact) mass is 322 g/mol.